The number of amides is 1. The van der Waals surface area contributed by atoms with Gasteiger partial charge in [-0.2, -0.15) is 0 Å². The van der Waals surface area contributed by atoms with Crippen LogP contribution in [0.3, 0.4) is 0 Å². The van der Waals surface area contributed by atoms with Gasteiger partial charge in [-0.15, -0.1) is 0 Å². The molecular weight excluding hydrogens is 326 g/mol. The molecule has 4 atom stereocenters. The Labute approximate surface area is 154 Å². The normalized spacial score (nSPS) is 37.1. The van der Waals surface area contributed by atoms with Crippen molar-refractivity contribution in [3.63, 3.8) is 0 Å². The molecule has 0 bridgehead atoms. The van der Waals surface area contributed by atoms with E-state index in [2.05, 4.69) is 5.32 Å². The molecular formula is C22H27NO3. The Kier molecular flexibility index (Phi) is 4.02. The van der Waals surface area contributed by atoms with E-state index in [0.29, 0.717) is 29.4 Å². The van der Waals surface area contributed by atoms with Gasteiger partial charge in [-0.05, 0) is 61.5 Å². The zero-order valence-corrected chi connectivity index (χ0v) is 15.2. The lowest BCUT2D eigenvalue weighted by atomic mass is 10.0. The Balaban J connectivity index is 1.19. The van der Waals surface area contributed by atoms with Crippen LogP contribution in [-0.2, 0) is 9.59 Å². The monoisotopic (exact) mass is 353 g/mol. The fourth-order valence-electron chi connectivity index (χ4n) is 5.77. The predicted molar refractivity (Wildman–Crippen MR) is 98.6 cm³/mol. The third kappa shape index (κ3) is 2.93. The highest BCUT2D eigenvalue weighted by Crippen LogP contribution is 2.56. The maximum atomic E-state index is 12.5. The molecule has 1 aromatic rings. The number of anilines is 1. The number of carbonyl (C=O) groups excluding carboxylic acids is 2. The van der Waals surface area contributed by atoms with E-state index in [0.717, 1.165) is 5.69 Å². The van der Waals surface area contributed by atoms with Gasteiger partial charge in [-0.25, -0.2) is 0 Å². The van der Waals surface area contributed by atoms with Gasteiger partial charge >= 0.3 is 5.97 Å². The minimum absolute atomic E-state index is 0.0846. The third-order valence-electron chi connectivity index (χ3n) is 7.21. The molecule has 0 unspecified atom stereocenters. The molecule has 4 aliphatic carbocycles. The molecule has 0 spiro atoms. The first-order valence-corrected chi connectivity index (χ1v) is 10.3. The molecule has 0 aromatic heterocycles. The van der Waals surface area contributed by atoms with Crippen LogP contribution in [0.2, 0.25) is 0 Å². The van der Waals surface area contributed by atoms with Crippen molar-refractivity contribution in [2.24, 2.45) is 35.5 Å². The van der Waals surface area contributed by atoms with Gasteiger partial charge in [0.25, 0.3) is 0 Å². The van der Waals surface area contributed by atoms with Crippen LogP contribution >= 0.6 is 0 Å². The lowest BCUT2D eigenvalue weighted by Crippen LogP contribution is -2.16. The number of ether oxygens (including phenoxy) is 1. The van der Waals surface area contributed by atoms with Gasteiger partial charge in [-0.3, -0.25) is 9.59 Å². The molecule has 138 valence electrons. The molecule has 0 heterocycles. The van der Waals surface area contributed by atoms with Gasteiger partial charge < -0.3 is 10.1 Å². The van der Waals surface area contributed by atoms with Crippen LogP contribution in [-0.4, -0.2) is 11.9 Å². The number of hydrogen-bond donors (Lipinski definition) is 1. The highest BCUT2D eigenvalue weighted by Gasteiger charge is 2.56. The van der Waals surface area contributed by atoms with Crippen LogP contribution < -0.4 is 10.1 Å². The average molecular weight is 353 g/mol. The molecule has 1 amide bonds. The molecule has 0 saturated heterocycles. The van der Waals surface area contributed by atoms with Crippen LogP contribution in [0.1, 0.15) is 51.4 Å². The van der Waals surface area contributed by atoms with Gasteiger partial charge in [-0.1, -0.05) is 31.7 Å². The first-order valence-electron chi connectivity index (χ1n) is 10.3. The molecule has 4 nitrogen and oxygen atoms in total. The van der Waals surface area contributed by atoms with Crippen molar-refractivity contribution in [3.8, 4) is 5.75 Å². The van der Waals surface area contributed by atoms with E-state index in [1.54, 1.807) is 12.1 Å². The maximum absolute atomic E-state index is 12.5. The molecule has 4 fully saturated rings. The van der Waals surface area contributed by atoms with Crippen molar-refractivity contribution in [2.45, 2.75) is 51.4 Å². The van der Waals surface area contributed by atoms with E-state index < -0.39 is 0 Å². The number of benzene rings is 1. The number of carbonyl (C=O) groups is 2. The Morgan fingerprint density at radius 1 is 0.846 bits per heavy atom. The summed E-state index contributed by atoms with van der Waals surface area (Å²) in [6.45, 7) is 0. The topological polar surface area (TPSA) is 55.4 Å². The van der Waals surface area contributed by atoms with Gasteiger partial charge in [0.1, 0.15) is 5.75 Å². The molecule has 0 radical (unpaired) electrons. The lowest BCUT2D eigenvalue weighted by Gasteiger charge is -2.08. The van der Waals surface area contributed by atoms with Crippen LogP contribution in [0.5, 0.6) is 5.75 Å². The molecule has 26 heavy (non-hydrogen) atoms. The summed E-state index contributed by atoms with van der Waals surface area (Å²) >= 11 is 0. The number of rotatable bonds is 4. The molecule has 4 aliphatic rings. The van der Waals surface area contributed by atoms with Crippen molar-refractivity contribution < 1.29 is 14.3 Å². The average Bonchev–Trinajstić information content (AvgIpc) is 3.54. The van der Waals surface area contributed by atoms with Gasteiger partial charge in [0.15, 0.2) is 0 Å². The highest BCUT2D eigenvalue weighted by molar-refractivity contribution is 5.95. The first kappa shape index (κ1) is 16.3. The summed E-state index contributed by atoms with van der Waals surface area (Å²) in [5, 5.41) is 3.04. The number of fused-ring (bicyclic) bond motifs is 2. The Morgan fingerprint density at radius 3 is 2.04 bits per heavy atom. The van der Waals surface area contributed by atoms with Crippen molar-refractivity contribution in [1.82, 2.24) is 0 Å². The van der Waals surface area contributed by atoms with Crippen LogP contribution in [0, 0.1) is 35.5 Å². The minimum atomic E-state index is -0.0846. The SMILES string of the molecule is O=C(Nc1cccc(OC(=O)C2[C@@H]3CCCC[C@@H]23)c1)C1[C@H]2CCCC[C@H]12. The van der Waals surface area contributed by atoms with Crippen LogP contribution in [0.15, 0.2) is 24.3 Å². The number of hydrogen-bond acceptors (Lipinski definition) is 3. The second kappa shape index (κ2) is 6.40. The molecule has 0 aliphatic heterocycles. The van der Waals surface area contributed by atoms with Gasteiger partial charge in [0, 0.05) is 17.7 Å². The highest BCUT2D eigenvalue weighted by atomic mass is 16.5. The summed E-state index contributed by atoms with van der Waals surface area (Å²) in [6, 6.07) is 7.31. The fraction of sp³-hybridized carbons (Fsp3) is 0.636. The third-order valence-corrected chi connectivity index (χ3v) is 7.21. The summed E-state index contributed by atoms with van der Waals surface area (Å²) in [6.07, 6.45) is 9.76. The smallest absolute Gasteiger partial charge is 0.314 e. The summed E-state index contributed by atoms with van der Waals surface area (Å²) in [7, 11) is 0. The number of esters is 1. The van der Waals surface area contributed by atoms with E-state index in [9.17, 15) is 9.59 Å². The van der Waals surface area contributed by atoms with Crippen molar-refractivity contribution in [3.05, 3.63) is 24.3 Å². The molecule has 5 rings (SSSR count). The molecule has 4 heteroatoms. The van der Waals surface area contributed by atoms with Crippen molar-refractivity contribution in [1.29, 1.82) is 0 Å². The Morgan fingerprint density at radius 2 is 1.42 bits per heavy atom. The van der Waals surface area contributed by atoms with E-state index in [1.165, 1.54) is 51.4 Å². The molecule has 1 aromatic carbocycles. The van der Waals surface area contributed by atoms with Gasteiger partial charge in [0.05, 0.1) is 5.92 Å². The van der Waals surface area contributed by atoms with Crippen molar-refractivity contribution in [2.75, 3.05) is 5.32 Å². The Bertz CT molecular complexity index is 649. The minimum Gasteiger partial charge on any atom is -0.426 e. The summed E-state index contributed by atoms with van der Waals surface area (Å²) in [5.41, 5.74) is 0.733. The largest absolute Gasteiger partial charge is 0.426 e. The second-order valence-corrected chi connectivity index (χ2v) is 8.71. The summed E-state index contributed by atoms with van der Waals surface area (Å²) in [4.78, 5) is 25.0. The van der Waals surface area contributed by atoms with E-state index >= 15 is 0 Å². The summed E-state index contributed by atoms with van der Waals surface area (Å²) in [5.74, 6) is 3.20. The van der Waals surface area contributed by atoms with Crippen LogP contribution in [0.4, 0.5) is 5.69 Å². The standard InChI is InChI=1S/C22H27NO3/c24-21(19-15-8-1-2-9-16(15)19)23-13-6-5-7-14(12-13)26-22(25)20-17-10-3-4-11-18(17)20/h5-7,12,15-20H,1-4,8-11H2,(H,23,24)/t15-,16-,17+,18+/m0/s1. The van der Waals surface area contributed by atoms with Gasteiger partial charge in [0.2, 0.25) is 5.91 Å². The molecule has 4 saturated carbocycles. The zero-order valence-electron chi connectivity index (χ0n) is 15.2. The quantitative estimate of drug-likeness (QED) is 0.645. The summed E-state index contributed by atoms with van der Waals surface area (Å²) < 4.78 is 5.63. The predicted octanol–water partition coefficient (Wildman–Crippen LogP) is 4.40. The van der Waals surface area contributed by atoms with E-state index in [1.807, 2.05) is 12.1 Å². The Hall–Kier alpha value is -1.84. The van der Waals surface area contributed by atoms with Crippen molar-refractivity contribution >= 4 is 17.6 Å². The maximum Gasteiger partial charge on any atom is 0.314 e. The zero-order chi connectivity index (χ0) is 17.7. The van der Waals surface area contributed by atoms with E-state index in [4.69, 9.17) is 4.74 Å². The lowest BCUT2D eigenvalue weighted by molar-refractivity contribution is -0.136. The number of nitrogens with one attached hydrogen (secondary N) is 1. The second-order valence-electron chi connectivity index (χ2n) is 8.71. The molecule has 1 N–H and O–H groups in total. The first-order chi connectivity index (χ1) is 12.7. The van der Waals surface area contributed by atoms with E-state index in [-0.39, 0.29) is 23.7 Å². The fourth-order valence-corrected chi connectivity index (χ4v) is 5.77. The van der Waals surface area contributed by atoms with Crippen LogP contribution in [0.25, 0.3) is 0 Å².